The van der Waals surface area contributed by atoms with E-state index >= 15 is 0 Å². The number of nitrogens with zero attached hydrogens (tertiary/aromatic N) is 1. The molecule has 0 radical (unpaired) electrons. The van der Waals surface area contributed by atoms with Crippen molar-refractivity contribution in [2.75, 3.05) is 10.0 Å². The smallest absolute Gasteiger partial charge is 0.364 e. The van der Waals surface area contributed by atoms with Crippen molar-refractivity contribution in [3.63, 3.8) is 0 Å². The average molecular weight is 506 g/mol. The first-order valence-electron chi connectivity index (χ1n) is 8.00. The van der Waals surface area contributed by atoms with E-state index in [4.69, 9.17) is 52.1 Å². The van der Waals surface area contributed by atoms with Gasteiger partial charge >= 0.3 is 10.3 Å². The normalized spacial score (nSPS) is 15.7. The van der Waals surface area contributed by atoms with Crippen LogP contribution in [-0.2, 0) is 10.3 Å². The molecule has 2 aromatic carbocycles. The Balaban J connectivity index is 2.08. The number of nitrogens with two attached hydrogens (primary N) is 1. The lowest BCUT2D eigenvalue weighted by Crippen LogP contribution is -2.34. The molecule has 154 valence electrons. The summed E-state index contributed by atoms with van der Waals surface area (Å²) in [6.45, 7) is 0. The Morgan fingerprint density at radius 3 is 1.90 bits per heavy atom. The zero-order valence-electron chi connectivity index (χ0n) is 14.4. The highest BCUT2D eigenvalue weighted by atomic mass is 35.5. The summed E-state index contributed by atoms with van der Waals surface area (Å²) >= 11 is 24.2. The molecule has 1 heterocycles. The Morgan fingerprint density at radius 1 is 0.867 bits per heavy atom. The highest BCUT2D eigenvalue weighted by Gasteiger charge is 2.44. The molecular formula is C18H8Cl4N2O5S. The van der Waals surface area contributed by atoms with E-state index < -0.39 is 33.1 Å². The number of para-hydroxylation sites is 1. The second-order valence-corrected chi connectivity index (χ2v) is 9.06. The average Bonchev–Trinajstić information content (AvgIpc) is 2.94. The van der Waals surface area contributed by atoms with Crippen LogP contribution in [0.5, 0.6) is 0 Å². The van der Waals surface area contributed by atoms with Gasteiger partial charge < -0.3 is 5.73 Å². The number of benzene rings is 2. The standard InChI is InChI=1S/C18H8Cl4N2O5S/c19-12-10-11(13(20)15(22)14(12)21)18(26)9(17(10)25)8-5-4-6-2-1-3-7(23)16(6)24(8)30(27,28)29/h1-5H,23H2,(H,27,28,29). The van der Waals surface area contributed by atoms with Crippen molar-refractivity contribution in [3.8, 4) is 0 Å². The number of halogens is 4. The fourth-order valence-electron chi connectivity index (χ4n) is 3.37. The molecule has 3 N–H and O–H groups in total. The molecule has 0 amide bonds. The van der Waals surface area contributed by atoms with Crippen molar-refractivity contribution in [3.05, 3.63) is 72.3 Å². The summed E-state index contributed by atoms with van der Waals surface area (Å²) in [6, 6.07) is 4.52. The van der Waals surface area contributed by atoms with E-state index in [2.05, 4.69) is 0 Å². The van der Waals surface area contributed by atoms with Gasteiger partial charge in [-0.3, -0.25) is 14.1 Å². The van der Waals surface area contributed by atoms with E-state index in [0.717, 1.165) is 0 Å². The molecule has 0 saturated carbocycles. The van der Waals surface area contributed by atoms with Crippen LogP contribution in [-0.4, -0.2) is 24.5 Å². The van der Waals surface area contributed by atoms with Crippen molar-refractivity contribution in [1.29, 1.82) is 0 Å². The third-order valence-corrected chi connectivity index (χ3v) is 7.25. The fraction of sp³-hybridized carbons (Fsp3) is 0. The van der Waals surface area contributed by atoms with E-state index in [0.29, 0.717) is 9.87 Å². The van der Waals surface area contributed by atoms with Gasteiger partial charge in [-0.1, -0.05) is 64.6 Å². The predicted octanol–water partition coefficient (Wildman–Crippen LogP) is 4.85. The maximum Gasteiger partial charge on any atom is 0.364 e. The lowest BCUT2D eigenvalue weighted by atomic mass is 10.0. The monoisotopic (exact) mass is 504 g/mol. The minimum atomic E-state index is -5.00. The first-order chi connectivity index (χ1) is 14.0. The quantitative estimate of drug-likeness (QED) is 0.143. The molecule has 1 aliphatic carbocycles. The van der Waals surface area contributed by atoms with Crippen molar-refractivity contribution < 1.29 is 22.6 Å². The Kier molecular flexibility index (Phi) is 4.93. The molecule has 0 atom stereocenters. The van der Waals surface area contributed by atoms with Crippen LogP contribution in [0, 0.1) is 0 Å². The third kappa shape index (κ3) is 2.87. The number of nitrogen functional groups attached to an aromatic ring is 1. The van der Waals surface area contributed by atoms with Gasteiger partial charge in [-0.15, -0.1) is 0 Å². The lowest BCUT2D eigenvalue weighted by Gasteiger charge is -2.28. The Morgan fingerprint density at radius 2 is 1.40 bits per heavy atom. The maximum absolute atomic E-state index is 13.1. The number of ketones is 2. The molecule has 0 unspecified atom stereocenters. The molecule has 0 spiro atoms. The van der Waals surface area contributed by atoms with E-state index in [1.165, 1.54) is 18.2 Å². The third-order valence-electron chi connectivity index (χ3n) is 4.60. The summed E-state index contributed by atoms with van der Waals surface area (Å²) in [5.74, 6) is -1.85. The van der Waals surface area contributed by atoms with Crippen LogP contribution < -0.4 is 10.0 Å². The highest BCUT2D eigenvalue weighted by Crippen LogP contribution is 2.48. The number of rotatable bonds is 1. The van der Waals surface area contributed by atoms with E-state index in [9.17, 15) is 22.6 Å². The summed E-state index contributed by atoms with van der Waals surface area (Å²) in [5.41, 5.74) is 4.50. The molecule has 7 nitrogen and oxygen atoms in total. The van der Waals surface area contributed by atoms with Gasteiger partial charge in [-0.2, -0.15) is 8.42 Å². The van der Waals surface area contributed by atoms with E-state index in [-0.39, 0.29) is 42.6 Å². The molecule has 0 aromatic heterocycles. The van der Waals surface area contributed by atoms with Gasteiger partial charge in [0, 0.05) is 5.56 Å². The number of allylic oxidation sites excluding steroid dienone is 2. The second kappa shape index (κ2) is 6.98. The second-order valence-electron chi connectivity index (χ2n) is 6.29. The number of fused-ring (bicyclic) bond motifs is 2. The number of carbonyl (C=O) groups excluding carboxylic acids is 2. The summed E-state index contributed by atoms with van der Waals surface area (Å²) < 4.78 is 34.8. The Bertz CT molecular complexity index is 1320. The molecular weight excluding hydrogens is 498 g/mol. The van der Waals surface area contributed by atoms with Crippen molar-refractivity contribution in [2.45, 2.75) is 0 Å². The Labute approximate surface area is 190 Å². The molecule has 0 fully saturated rings. The van der Waals surface area contributed by atoms with Crippen LogP contribution in [0.3, 0.4) is 0 Å². The molecule has 1 aliphatic heterocycles. The van der Waals surface area contributed by atoms with E-state index in [1.54, 1.807) is 12.1 Å². The fourth-order valence-corrected chi connectivity index (χ4v) is 5.24. The van der Waals surface area contributed by atoms with Gasteiger partial charge in [0.2, 0.25) is 11.6 Å². The largest absolute Gasteiger partial charge is 0.397 e. The minimum Gasteiger partial charge on any atom is -0.397 e. The molecule has 4 rings (SSSR count). The summed E-state index contributed by atoms with van der Waals surface area (Å²) in [4.78, 5) is 26.2. The van der Waals surface area contributed by atoms with Crippen molar-refractivity contribution in [2.24, 2.45) is 0 Å². The Hall–Kier alpha value is -2.07. The predicted molar refractivity (Wildman–Crippen MR) is 116 cm³/mol. The van der Waals surface area contributed by atoms with Gasteiger partial charge in [-0.05, 0) is 12.1 Å². The van der Waals surface area contributed by atoms with Crippen molar-refractivity contribution in [1.82, 2.24) is 0 Å². The number of Topliss-reactive ketones (excluding diaryl/α,β-unsaturated/α-hetero) is 2. The topological polar surface area (TPSA) is 118 Å². The first kappa shape index (κ1) is 21.2. The molecule has 0 bridgehead atoms. The van der Waals surface area contributed by atoms with Gasteiger partial charge in [0.05, 0.1) is 53.9 Å². The molecule has 30 heavy (non-hydrogen) atoms. The number of hydrogen-bond acceptors (Lipinski definition) is 5. The number of anilines is 2. The van der Waals surface area contributed by atoms with Gasteiger partial charge in [0.15, 0.2) is 0 Å². The van der Waals surface area contributed by atoms with Crippen LogP contribution in [0.2, 0.25) is 20.1 Å². The zero-order chi connectivity index (χ0) is 22.1. The lowest BCUT2D eigenvalue weighted by molar-refractivity contribution is 0.0987. The number of hydrogen-bond donors (Lipinski definition) is 2. The SMILES string of the molecule is Nc1cccc2c1N(S(=O)(=O)O)C(=C1C(=O)c3c(Cl)c(Cl)c(Cl)c(Cl)c3C1=O)C=C2. The first-order valence-corrected chi connectivity index (χ1v) is 10.9. The van der Waals surface area contributed by atoms with E-state index in [1.807, 2.05) is 0 Å². The van der Waals surface area contributed by atoms with Crippen LogP contribution in [0.4, 0.5) is 11.4 Å². The molecule has 12 heteroatoms. The van der Waals surface area contributed by atoms with Crippen LogP contribution in [0.25, 0.3) is 6.08 Å². The molecule has 0 saturated heterocycles. The minimum absolute atomic E-state index is 0.00913. The van der Waals surface area contributed by atoms with Gasteiger partial charge in [-0.25, -0.2) is 4.31 Å². The van der Waals surface area contributed by atoms with Crippen LogP contribution in [0.1, 0.15) is 26.3 Å². The van der Waals surface area contributed by atoms with Crippen molar-refractivity contribution >= 4 is 85.7 Å². The zero-order valence-corrected chi connectivity index (χ0v) is 18.3. The summed E-state index contributed by atoms with van der Waals surface area (Å²) in [5, 5.41) is -1.05. The van der Waals surface area contributed by atoms with Crippen LogP contribution in [0.15, 0.2) is 35.5 Å². The maximum atomic E-state index is 13.1. The van der Waals surface area contributed by atoms with Crippen LogP contribution >= 0.6 is 46.4 Å². The number of carbonyl (C=O) groups is 2. The highest BCUT2D eigenvalue weighted by molar-refractivity contribution is 7.87. The van der Waals surface area contributed by atoms with Gasteiger partial charge in [0.25, 0.3) is 0 Å². The summed E-state index contributed by atoms with van der Waals surface area (Å²) in [7, 11) is -5.00. The molecule has 2 aliphatic rings. The molecule has 2 aromatic rings. The summed E-state index contributed by atoms with van der Waals surface area (Å²) in [6.07, 6.45) is 2.64. The van der Waals surface area contributed by atoms with Gasteiger partial charge in [0.1, 0.15) is 0 Å².